The first kappa shape index (κ1) is 16.5. The summed E-state index contributed by atoms with van der Waals surface area (Å²) in [6, 6.07) is 2.59. The van der Waals surface area contributed by atoms with E-state index in [0.29, 0.717) is 6.04 Å². The van der Waals surface area contributed by atoms with Crippen LogP contribution in [0.5, 0.6) is 0 Å². The molecule has 0 aliphatic heterocycles. The molecule has 0 saturated heterocycles. The van der Waals surface area contributed by atoms with Gasteiger partial charge in [0.05, 0.1) is 16.4 Å². The Kier molecular flexibility index (Phi) is 5.47. The van der Waals surface area contributed by atoms with Crippen molar-refractivity contribution in [2.75, 3.05) is 6.54 Å². The summed E-state index contributed by atoms with van der Waals surface area (Å²) in [4.78, 5) is 2.76. The SMILES string of the molecule is CCNC(Cc1c(Cl)c(CC)nn1C)c1cc(C)c(C)s1. The molecule has 2 aromatic heterocycles. The molecular weight excluding hydrogens is 302 g/mol. The molecule has 5 heteroatoms. The van der Waals surface area contributed by atoms with Gasteiger partial charge in [-0.25, -0.2) is 0 Å². The number of nitrogens with one attached hydrogen (secondary N) is 1. The third kappa shape index (κ3) is 3.50. The van der Waals surface area contributed by atoms with Crippen LogP contribution >= 0.6 is 22.9 Å². The molecule has 0 aliphatic rings. The van der Waals surface area contributed by atoms with Crippen LogP contribution in [0.2, 0.25) is 5.02 Å². The van der Waals surface area contributed by atoms with Crippen LogP contribution in [0, 0.1) is 13.8 Å². The van der Waals surface area contributed by atoms with E-state index in [2.05, 4.69) is 44.2 Å². The number of thiophene rings is 1. The van der Waals surface area contributed by atoms with Crippen LogP contribution in [0.15, 0.2) is 6.07 Å². The van der Waals surface area contributed by atoms with Crippen LogP contribution in [0.4, 0.5) is 0 Å². The van der Waals surface area contributed by atoms with Gasteiger partial charge in [0, 0.05) is 29.3 Å². The minimum absolute atomic E-state index is 0.296. The highest BCUT2D eigenvalue weighted by molar-refractivity contribution is 7.12. The Bertz CT molecular complexity index is 596. The number of rotatable bonds is 6. The Labute approximate surface area is 136 Å². The minimum Gasteiger partial charge on any atom is -0.309 e. The number of nitrogens with zero attached hydrogens (tertiary/aromatic N) is 2. The van der Waals surface area contributed by atoms with E-state index in [9.17, 15) is 0 Å². The van der Waals surface area contributed by atoms with E-state index in [4.69, 9.17) is 11.6 Å². The first-order valence-corrected chi connectivity index (χ1v) is 8.67. The number of likely N-dealkylation sites (N-methyl/N-ethyl adjacent to an activating group) is 1. The van der Waals surface area contributed by atoms with Gasteiger partial charge in [-0.05, 0) is 38.4 Å². The summed E-state index contributed by atoms with van der Waals surface area (Å²) in [6.07, 6.45) is 1.74. The molecule has 21 heavy (non-hydrogen) atoms. The first-order valence-electron chi connectivity index (χ1n) is 7.48. The van der Waals surface area contributed by atoms with Gasteiger partial charge in [0.2, 0.25) is 0 Å². The maximum absolute atomic E-state index is 6.49. The Hall–Kier alpha value is -0.840. The molecule has 2 heterocycles. The number of aromatic nitrogens is 2. The molecule has 2 aromatic rings. The van der Waals surface area contributed by atoms with E-state index < -0.39 is 0 Å². The highest BCUT2D eigenvalue weighted by Crippen LogP contribution is 2.31. The molecule has 1 unspecified atom stereocenters. The maximum atomic E-state index is 6.49. The molecule has 116 valence electrons. The van der Waals surface area contributed by atoms with Crippen LogP contribution in [-0.4, -0.2) is 16.3 Å². The monoisotopic (exact) mass is 325 g/mol. The average Bonchev–Trinajstić information content (AvgIpc) is 2.92. The molecule has 3 nitrogen and oxygen atoms in total. The van der Waals surface area contributed by atoms with Gasteiger partial charge in [-0.1, -0.05) is 25.4 Å². The first-order chi connectivity index (χ1) is 9.97. The van der Waals surface area contributed by atoms with Crippen molar-refractivity contribution in [2.45, 2.75) is 46.6 Å². The standard InChI is InChI=1S/C16H24ClN3S/c1-6-12-16(17)14(20(5)19-12)9-13(18-7-2)15-8-10(3)11(4)21-15/h8,13,18H,6-7,9H2,1-5H3. The molecule has 0 radical (unpaired) electrons. The fraction of sp³-hybridized carbons (Fsp3) is 0.562. The molecule has 1 N–H and O–H groups in total. The molecule has 0 aromatic carbocycles. The molecule has 0 saturated carbocycles. The van der Waals surface area contributed by atoms with Crippen molar-refractivity contribution >= 4 is 22.9 Å². The third-order valence-corrected chi connectivity index (χ3v) is 5.58. The summed E-state index contributed by atoms with van der Waals surface area (Å²) in [5.74, 6) is 0. The van der Waals surface area contributed by atoms with Gasteiger partial charge in [-0.15, -0.1) is 11.3 Å². The molecule has 0 spiro atoms. The second-order valence-corrected chi connectivity index (χ2v) is 7.05. The lowest BCUT2D eigenvalue weighted by atomic mass is 10.1. The Morgan fingerprint density at radius 3 is 2.57 bits per heavy atom. The normalized spacial score (nSPS) is 12.9. The Morgan fingerprint density at radius 1 is 1.38 bits per heavy atom. The van der Waals surface area contributed by atoms with Crippen molar-refractivity contribution in [1.29, 1.82) is 0 Å². The summed E-state index contributed by atoms with van der Waals surface area (Å²) in [6.45, 7) is 9.52. The average molecular weight is 326 g/mol. The second-order valence-electron chi connectivity index (χ2n) is 5.39. The summed E-state index contributed by atoms with van der Waals surface area (Å²) in [5, 5.41) is 8.93. The lowest BCUT2D eigenvalue weighted by molar-refractivity contribution is 0.535. The molecule has 0 bridgehead atoms. The largest absolute Gasteiger partial charge is 0.309 e. The molecular formula is C16H24ClN3S. The van der Waals surface area contributed by atoms with Gasteiger partial charge in [0.15, 0.2) is 0 Å². The van der Waals surface area contributed by atoms with E-state index in [1.54, 1.807) is 0 Å². The van der Waals surface area contributed by atoms with Crippen molar-refractivity contribution in [2.24, 2.45) is 7.05 Å². The molecule has 0 amide bonds. The highest BCUT2D eigenvalue weighted by atomic mass is 35.5. The smallest absolute Gasteiger partial charge is 0.0850 e. The summed E-state index contributed by atoms with van der Waals surface area (Å²) < 4.78 is 1.93. The number of halogens is 1. The topological polar surface area (TPSA) is 29.9 Å². The van der Waals surface area contributed by atoms with E-state index in [-0.39, 0.29) is 0 Å². The van der Waals surface area contributed by atoms with Gasteiger partial charge in [-0.2, -0.15) is 5.10 Å². The third-order valence-electron chi connectivity index (χ3n) is 3.88. The van der Waals surface area contributed by atoms with Crippen LogP contribution in [0.3, 0.4) is 0 Å². The lowest BCUT2D eigenvalue weighted by Gasteiger charge is -2.17. The van der Waals surface area contributed by atoms with E-state index >= 15 is 0 Å². The summed E-state index contributed by atoms with van der Waals surface area (Å²) in [5.41, 5.74) is 3.47. The van der Waals surface area contributed by atoms with Gasteiger partial charge < -0.3 is 5.32 Å². The summed E-state index contributed by atoms with van der Waals surface area (Å²) >= 11 is 8.36. The number of aryl methyl sites for hydroxylation is 4. The number of hydrogen-bond donors (Lipinski definition) is 1. The van der Waals surface area contributed by atoms with Crippen molar-refractivity contribution in [3.05, 3.63) is 37.8 Å². The van der Waals surface area contributed by atoms with Gasteiger partial charge >= 0.3 is 0 Å². The molecule has 1 atom stereocenters. The fourth-order valence-electron chi connectivity index (χ4n) is 2.53. The quantitative estimate of drug-likeness (QED) is 0.862. The Morgan fingerprint density at radius 2 is 2.10 bits per heavy atom. The van der Waals surface area contributed by atoms with Gasteiger partial charge in [0.25, 0.3) is 0 Å². The van der Waals surface area contributed by atoms with Crippen molar-refractivity contribution in [3.8, 4) is 0 Å². The van der Waals surface area contributed by atoms with Gasteiger partial charge in [0.1, 0.15) is 0 Å². The molecule has 0 fully saturated rings. The van der Waals surface area contributed by atoms with E-state index in [1.807, 2.05) is 23.1 Å². The van der Waals surface area contributed by atoms with Crippen LogP contribution in [-0.2, 0) is 19.9 Å². The van der Waals surface area contributed by atoms with Gasteiger partial charge in [-0.3, -0.25) is 4.68 Å². The van der Waals surface area contributed by atoms with Crippen LogP contribution < -0.4 is 5.32 Å². The van der Waals surface area contributed by atoms with Crippen LogP contribution in [0.1, 0.15) is 46.6 Å². The highest BCUT2D eigenvalue weighted by Gasteiger charge is 2.20. The Balaban J connectivity index is 2.30. The van der Waals surface area contributed by atoms with E-state index in [1.165, 1.54) is 15.3 Å². The van der Waals surface area contributed by atoms with Crippen molar-refractivity contribution in [1.82, 2.24) is 15.1 Å². The lowest BCUT2D eigenvalue weighted by Crippen LogP contribution is -2.23. The minimum atomic E-state index is 0.296. The fourth-order valence-corrected chi connectivity index (χ4v) is 4.02. The summed E-state index contributed by atoms with van der Waals surface area (Å²) in [7, 11) is 1.98. The second kappa shape index (κ2) is 6.95. The van der Waals surface area contributed by atoms with Crippen molar-refractivity contribution in [3.63, 3.8) is 0 Å². The number of hydrogen-bond acceptors (Lipinski definition) is 3. The van der Waals surface area contributed by atoms with Crippen molar-refractivity contribution < 1.29 is 0 Å². The van der Waals surface area contributed by atoms with E-state index in [0.717, 1.165) is 35.8 Å². The molecule has 0 aliphatic carbocycles. The predicted octanol–water partition coefficient (Wildman–Crippen LogP) is 4.21. The molecule has 2 rings (SSSR count). The predicted molar refractivity (Wildman–Crippen MR) is 91.5 cm³/mol. The zero-order valence-electron chi connectivity index (χ0n) is 13.5. The zero-order chi connectivity index (χ0) is 15.6. The van der Waals surface area contributed by atoms with Crippen LogP contribution in [0.25, 0.3) is 0 Å². The zero-order valence-corrected chi connectivity index (χ0v) is 15.0. The maximum Gasteiger partial charge on any atom is 0.0850 e.